The molecule has 0 spiro atoms. The Kier molecular flexibility index (Phi) is 11.1. The third-order valence-electron chi connectivity index (χ3n) is 10.0. The molecule has 2 atom stereocenters. The highest BCUT2D eigenvalue weighted by Crippen LogP contribution is 2.35. The van der Waals surface area contributed by atoms with Crippen molar-refractivity contribution in [3.8, 4) is 11.1 Å². The summed E-state index contributed by atoms with van der Waals surface area (Å²) in [5, 5.41) is 16.7. The summed E-state index contributed by atoms with van der Waals surface area (Å²) in [4.78, 5) is 25.8. The fraction of sp³-hybridized carbons (Fsp3) is 0.220. The molecule has 6 aromatic rings. The number of hydrogen-bond donors (Lipinski definition) is 2. The molecule has 15 heteroatoms. The standard InChI is InChI=1S/C41H38ClN7O5S2/c42-30-12-10-28(11-13-30)34-9-5-4-6-29(34)24-47-18-20-48(21-19-47)31-14-16-35-37(22-31)43-27-44-41(35)46-56(52,53)33-15-17-36(39(23-33)49(50)51)45-38-25-54-26-40(38)55-32-7-2-1-3-8-32/h1-17,22-23,27,38,40,45H,18-21,24-26H2,(H,43,44,46). The first-order valence-electron chi connectivity index (χ1n) is 18.1. The van der Waals surface area contributed by atoms with Crippen molar-refractivity contribution >= 4 is 67.2 Å². The Morgan fingerprint density at radius 2 is 1.64 bits per heavy atom. The van der Waals surface area contributed by atoms with Crippen molar-refractivity contribution in [2.24, 2.45) is 0 Å². The molecule has 5 aromatic carbocycles. The summed E-state index contributed by atoms with van der Waals surface area (Å²) in [6, 6.07) is 35.5. The van der Waals surface area contributed by atoms with E-state index < -0.39 is 14.9 Å². The van der Waals surface area contributed by atoms with E-state index in [-0.39, 0.29) is 33.4 Å². The molecule has 56 heavy (non-hydrogen) atoms. The normalized spacial score (nSPS) is 17.6. The van der Waals surface area contributed by atoms with Crippen LogP contribution in [0.4, 0.5) is 22.9 Å². The number of anilines is 3. The molecule has 0 aliphatic carbocycles. The maximum atomic E-state index is 13.7. The number of piperazine rings is 1. The van der Waals surface area contributed by atoms with E-state index in [9.17, 15) is 18.5 Å². The van der Waals surface area contributed by atoms with E-state index in [0.29, 0.717) is 29.1 Å². The maximum Gasteiger partial charge on any atom is 0.293 e. The Hall–Kier alpha value is -5.25. The Bertz CT molecular complexity index is 2470. The van der Waals surface area contributed by atoms with Crippen LogP contribution < -0.4 is 14.9 Å². The second-order valence-electron chi connectivity index (χ2n) is 13.7. The number of benzene rings is 5. The van der Waals surface area contributed by atoms with Crippen molar-refractivity contribution in [1.82, 2.24) is 14.9 Å². The van der Waals surface area contributed by atoms with Gasteiger partial charge in [-0.05, 0) is 71.3 Å². The van der Waals surface area contributed by atoms with Gasteiger partial charge in [-0.15, -0.1) is 11.8 Å². The summed E-state index contributed by atoms with van der Waals surface area (Å²) in [5.41, 5.74) is 5.00. The number of nitrogens with zero attached hydrogens (tertiary/aromatic N) is 5. The number of ether oxygens (including phenoxy) is 1. The van der Waals surface area contributed by atoms with E-state index in [2.05, 4.69) is 66.2 Å². The number of thioether (sulfide) groups is 1. The second kappa shape index (κ2) is 16.5. The van der Waals surface area contributed by atoms with Crippen LogP contribution in [0.25, 0.3) is 22.0 Å². The molecule has 2 fully saturated rings. The van der Waals surface area contributed by atoms with Crippen LogP contribution >= 0.6 is 23.4 Å². The van der Waals surface area contributed by atoms with Gasteiger partial charge in [0.05, 0.1) is 39.8 Å². The molecule has 2 aliphatic heterocycles. The largest absolute Gasteiger partial charge is 0.378 e. The molecular weight excluding hydrogens is 770 g/mol. The summed E-state index contributed by atoms with van der Waals surface area (Å²) in [6.45, 7) is 5.02. The van der Waals surface area contributed by atoms with Crippen molar-refractivity contribution in [3.05, 3.63) is 142 Å². The Balaban J connectivity index is 0.936. The van der Waals surface area contributed by atoms with Gasteiger partial charge >= 0.3 is 0 Å². The summed E-state index contributed by atoms with van der Waals surface area (Å²) >= 11 is 7.76. The van der Waals surface area contributed by atoms with Gasteiger partial charge < -0.3 is 15.0 Å². The molecule has 1 aromatic heterocycles. The lowest BCUT2D eigenvalue weighted by molar-refractivity contribution is -0.384. The van der Waals surface area contributed by atoms with Crippen LogP contribution in [-0.2, 0) is 21.3 Å². The predicted octanol–water partition coefficient (Wildman–Crippen LogP) is 7.95. The lowest BCUT2D eigenvalue weighted by Crippen LogP contribution is -2.46. The minimum Gasteiger partial charge on any atom is -0.378 e. The number of nitro groups is 1. The summed E-state index contributed by atoms with van der Waals surface area (Å²) in [5.74, 6) is 0.0828. The van der Waals surface area contributed by atoms with Crippen LogP contribution in [0, 0.1) is 10.1 Å². The topological polar surface area (TPSA) is 143 Å². The van der Waals surface area contributed by atoms with Crippen molar-refractivity contribution in [2.75, 3.05) is 54.3 Å². The van der Waals surface area contributed by atoms with Gasteiger partial charge in [-0.3, -0.25) is 19.7 Å². The molecule has 2 aliphatic rings. The molecule has 0 radical (unpaired) electrons. The first kappa shape index (κ1) is 37.7. The van der Waals surface area contributed by atoms with Crippen molar-refractivity contribution < 1.29 is 18.1 Å². The van der Waals surface area contributed by atoms with E-state index in [0.717, 1.165) is 54.9 Å². The number of fused-ring (bicyclic) bond motifs is 1. The number of halogens is 1. The van der Waals surface area contributed by atoms with Crippen LogP contribution in [-0.4, -0.2) is 78.9 Å². The zero-order chi connectivity index (χ0) is 38.6. The smallest absolute Gasteiger partial charge is 0.293 e. The number of hydrogen-bond acceptors (Lipinski definition) is 11. The van der Waals surface area contributed by atoms with Crippen LogP contribution in [0.15, 0.2) is 131 Å². The predicted molar refractivity (Wildman–Crippen MR) is 222 cm³/mol. The van der Waals surface area contributed by atoms with Gasteiger partial charge in [0.1, 0.15) is 12.0 Å². The minimum atomic E-state index is -4.26. The highest BCUT2D eigenvalue weighted by Gasteiger charge is 2.32. The van der Waals surface area contributed by atoms with E-state index in [4.69, 9.17) is 16.3 Å². The summed E-state index contributed by atoms with van der Waals surface area (Å²) < 4.78 is 35.6. The lowest BCUT2D eigenvalue weighted by Gasteiger charge is -2.36. The number of aromatic nitrogens is 2. The fourth-order valence-corrected chi connectivity index (χ4v) is 9.41. The zero-order valence-electron chi connectivity index (χ0n) is 30.1. The molecule has 8 rings (SSSR count). The minimum absolute atomic E-state index is 0.00715. The number of rotatable bonds is 12. The zero-order valence-corrected chi connectivity index (χ0v) is 32.5. The molecule has 2 N–H and O–H groups in total. The van der Waals surface area contributed by atoms with Gasteiger partial charge in [-0.25, -0.2) is 18.4 Å². The molecular formula is C41H38ClN7O5S2. The maximum absolute atomic E-state index is 13.7. The molecule has 0 saturated carbocycles. The van der Waals surface area contributed by atoms with Gasteiger partial charge in [0.2, 0.25) is 0 Å². The first-order chi connectivity index (χ1) is 27.2. The highest BCUT2D eigenvalue weighted by atomic mass is 35.5. The Morgan fingerprint density at radius 1 is 0.875 bits per heavy atom. The fourth-order valence-electron chi connectivity index (χ4n) is 7.09. The highest BCUT2D eigenvalue weighted by molar-refractivity contribution is 8.00. The van der Waals surface area contributed by atoms with Crippen LogP contribution in [0.1, 0.15) is 5.56 Å². The van der Waals surface area contributed by atoms with E-state index in [1.54, 1.807) is 17.8 Å². The lowest BCUT2D eigenvalue weighted by atomic mass is 9.99. The van der Waals surface area contributed by atoms with Gasteiger partial charge in [0.25, 0.3) is 15.7 Å². The van der Waals surface area contributed by atoms with E-state index >= 15 is 0 Å². The molecule has 3 heterocycles. The van der Waals surface area contributed by atoms with E-state index in [1.807, 2.05) is 54.6 Å². The van der Waals surface area contributed by atoms with Crippen molar-refractivity contribution in [3.63, 3.8) is 0 Å². The van der Waals surface area contributed by atoms with Crippen molar-refractivity contribution in [1.29, 1.82) is 0 Å². The SMILES string of the molecule is O=[N+]([O-])c1cc(S(=O)(=O)Nc2ncnc3cc(N4CCN(Cc5ccccc5-c5ccc(Cl)cc5)CC4)ccc23)ccc1NC1COCC1Sc1ccccc1. The number of nitrogens with one attached hydrogen (secondary N) is 2. The third kappa shape index (κ3) is 8.44. The summed E-state index contributed by atoms with van der Waals surface area (Å²) in [7, 11) is -4.26. The Morgan fingerprint density at radius 3 is 2.43 bits per heavy atom. The van der Waals surface area contributed by atoms with E-state index in [1.165, 1.54) is 29.6 Å². The van der Waals surface area contributed by atoms with Crippen LogP contribution in [0.2, 0.25) is 5.02 Å². The van der Waals surface area contributed by atoms with Gasteiger partial charge in [-0.1, -0.05) is 66.2 Å². The molecule has 2 unspecified atom stereocenters. The molecule has 0 amide bonds. The van der Waals surface area contributed by atoms with Crippen molar-refractivity contribution in [2.45, 2.75) is 27.6 Å². The van der Waals surface area contributed by atoms with Gasteiger partial charge in [0.15, 0.2) is 5.82 Å². The molecule has 286 valence electrons. The van der Waals surface area contributed by atoms with Crippen LogP contribution in [0.3, 0.4) is 0 Å². The van der Waals surface area contributed by atoms with Gasteiger partial charge in [0, 0.05) is 59.8 Å². The average molecular weight is 808 g/mol. The van der Waals surface area contributed by atoms with Crippen LogP contribution in [0.5, 0.6) is 0 Å². The monoisotopic (exact) mass is 807 g/mol. The molecule has 0 bridgehead atoms. The molecule has 12 nitrogen and oxygen atoms in total. The second-order valence-corrected chi connectivity index (χ2v) is 17.1. The van der Waals surface area contributed by atoms with Gasteiger partial charge in [-0.2, -0.15) is 0 Å². The average Bonchev–Trinajstić information content (AvgIpc) is 3.64. The summed E-state index contributed by atoms with van der Waals surface area (Å²) in [6.07, 6.45) is 1.31. The molecule has 2 saturated heterocycles. The third-order valence-corrected chi connectivity index (χ3v) is 12.9. The first-order valence-corrected chi connectivity index (χ1v) is 20.9. The number of nitro benzene ring substituents is 1. The Labute approximate surface area is 334 Å². The quantitative estimate of drug-likeness (QED) is 0.0919. The number of sulfonamides is 1.